The third kappa shape index (κ3) is 3.32. The van der Waals surface area contributed by atoms with E-state index in [0.29, 0.717) is 12.3 Å². The number of hydrogen-bond donors (Lipinski definition) is 1. The molecule has 4 nitrogen and oxygen atoms in total. The van der Waals surface area contributed by atoms with Gasteiger partial charge in [-0.3, -0.25) is 4.79 Å². The van der Waals surface area contributed by atoms with Crippen molar-refractivity contribution in [1.82, 2.24) is 10.2 Å². The van der Waals surface area contributed by atoms with E-state index in [2.05, 4.69) is 37.3 Å². The highest BCUT2D eigenvalue weighted by molar-refractivity contribution is 6.00. The van der Waals surface area contributed by atoms with Gasteiger partial charge in [0.1, 0.15) is 5.58 Å². The number of aryl methyl sites for hydroxylation is 3. The van der Waals surface area contributed by atoms with Crippen LogP contribution in [0.1, 0.15) is 59.3 Å². The third-order valence-corrected chi connectivity index (χ3v) is 5.89. The fraction of sp³-hybridized carbons (Fsp3) is 0.571. The number of rotatable bonds is 4. The SMILES string of the molecule is Cc1cc(C)c2c(C)c(C(=O)NCC3(N(C)C)CCCCC3)oc2c1. The van der Waals surface area contributed by atoms with Crippen LogP contribution in [0.5, 0.6) is 0 Å². The van der Waals surface area contributed by atoms with Gasteiger partial charge >= 0.3 is 0 Å². The molecule has 1 saturated carbocycles. The number of fused-ring (bicyclic) bond motifs is 1. The summed E-state index contributed by atoms with van der Waals surface area (Å²) in [5.41, 5.74) is 4.12. The molecule has 0 saturated heterocycles. The molecule has 25 heavy (non-hydrogen) atoms. The number of carbonyl (C=O) groups excluding carboxylic acids is 1. The van der Waals surface area contributed by atoms with E-state index in [-0.39, 0.29) is 11.4 Å². The highest BCUT2D eigenvalue weighted by atomic mass is 16.3. The molecule has 0 bridgehead atoms. The zero-order valence-corrected chi connectivity index (χ0v) is 16.2. The summed E-state index contributed by atoms with van der Waals surface area (Å²) in [6.45, 7) is 6.77. The van der Waals surface area contributed by atoms with E-state index in [1.165, 1.54) is 19.3 Å². The van der Waals surface area contributed by atoms with E-state index in [4.69, 9.17) is 4.42 Å². The quantitative estimate of drug-likeness (QED) is 0.898. The molecule has 0 unspecified atom stereocenters. The first-order chi connectivity index (χ1) is 11.8. The second kappa shape index (κ2) is 6.83. The van der Waals surface area contributed by atoms with Crippen molar-refractivity contribution in [3.8, 4) is 0 Å². The van der Waals surface area contributed by atoms with Gasteiger partial charge in [-0.25, -0.2) is 0 Å². The molecule has 4 heteroatoms. The van der Waals surface area contributed by atoms with Crippen molar-refractivity contribution in [1.29, 1.82) is 0 Å². The van der Waals surface area contributed by atoms with Crippen LogP contribution in [0.25, 0.3) is 11.0 Å². The van der Waals surface area contributed by atoms with Crippen LogP contribution in [0.4, 0.5) is 0 Å². The van der Waals surface area contributed by atoms with Gasteiger partial charge in [-0.15, -0.1) is 0 Å². The minimum Gasteiger partial charge on any atom is -0.451 e. The summed E-state index contributed by atoms with van der Waals surface area (Å²) >= 11 is 0. The smallest absolute Gasteiger partial charge is 0.287 e. The number of carbonyl (C=O) groups is 1. The number of amides is 1. The predicted octanol–water partition coefficient (Wildman–Crippen LogP) is 4.35. The summed E-state index contributed by atoms with van der Waals surface area (Å²) in [4.78, 5) is 15.1. The van der Waals surface area contributed by atoms with Crippen LogP contribution < -0.4 is 5.32 Å². The first-order valence-electron chi connectivity index (χ1n) is 9.30. The number of likely N-dealkylation sites (N-methyl/N-ethyl adjacent to an activating group) is 1. The van der Waals surface area contributed by atoms with Crippen LogP contribution in [0.3, 0.4) is 0 Å². The van der Waals surface area contributed by atoms with Gasteiger partial charge < -0.3 is 14.6 Å². The number of nitrogens with one attached hydrogen (secondary N) is 1. The maximum atomic E-state index is 12.8. The zero-order chi connectivity index (χ0) is 18.2. The van der Waals surface area contributed by atoms with Gasteiger partial charge in [-0.05, 0) is 64.9 Å². The first kappa shape index (κ1) is 18.0. The molecule has 1 fully saturated rings. The van der Waals surface area contributed by atoms with Gasteiger partial charge in [0.05, 0.1) is 0 Å². The Morgan fingerprint density at radius 1 is 1.16 bits per heavy atom. The second-order valence-corrected chi connectivity index (χ2v) is 7.87. The molecule has 1 aromatic carbocycles. The topological polar surface area (TPSA) is 45.5 Å². The number of hydrogen-bond acceptors (Lipinski definition) is 3. The lowest BCUT2D eigenvalue weighted by atomic mass is 9.80. The van der Waals surface area contributed by atoms with E-state index < -0.39 is 0 Å². The normalized spacial score (nSPS) is 17.2. The highest BCUT2D eigenvalue weighted by Crippen LogP contribution is 2.32. The maximum absolute atomic E-state index is 12.8. The Hall–Kier alpha value is -1.81. The lowest BCUT2D eigenvalue weighted by Gasteiger charge is -2.43. The van der Waals surface area contributed by atoms with Crippen molar-refractivity contribution in [2.45, 2.75) is 58.4 Å². The maximum Gasteiger partial charge on any atom is 0.287 e. The Labute approximate surface area is 150 Å². The molecule has 1 aliphatic carbocycles. The van der Waals surface area contributed by atoms with Crippen LogP contribution in [0.15, 0.2) is 16.5 Å². The summed E-state index contributed by atoms with van der Waals surface area (Å²) in [6, 6.07) is 4.14. The molecule has 0 aliphatic heterocycles. The second-order valence-electron chi connectivity index (χ2n) is 7.87. The predicted molar refractivity (Wildman–Crippen MR) is 102 cm³/mol. The van der Waals surface area contributed by atoms with Crippen molar-refractivity contribution >= 4 is 16.9 Å². The molecule has 0 radical (unpaired) electrons. The zero-order valence-electron chi connectivity index (χ0n) is 16.2. The average molecular weight is 342 g/mol. The van der Waals surface area contributed by atoms with E-state index in [9.17, 15) is 4.79 Å². The minimum atomic E-state index is -0.0995. The molecule has 1 heterocycles. The molecular formula is C21H30N2O2. The Morgan fingerprint density at radius 3 is 2.48 bits per heavy atom. The number of benzene rings is 1. The fourth-order valence-corrected chi connectivity index (χ4v) is 4.32. The number of nitrogens with zero attached hydrogens (tertiary/aromatic N) is 1. The van der Waals surface area contributed by atoms with Gasteiger partial charge in [0.25, 0.3) is 5.91 Å². The Morgan fingerprint density at radius 2 is 1.84 bits per heavy atom. The Kier molecular flexibility index (Phi) is 4.92. The first-order valence-corrected chi connectivity index (χ1v) is 9.30. The molecule has 1 aromatic heterocycles. The summed E-state index contributed by atoms with van der Waals surface area (Å²) < 4.78 is 5.93. The van der Waals surface area contributed by atoms with Crippen molar-refractivity contribution in [2.24, 2.45) is 0 Å². The summed E-state index contributed by atoms with van der Waals surface area (Å²) in [5, 5.41) is 4.22. The van der Waals surface area contributed by atoms with Crippen LogP contribution in [-0.4, -0.2) is 37.0 Å². The number of furan rings is 1. The lowest BCUT2D eigenvalue weighted by molar-refractivity contribution is 0.0780. The van der Waals surface area contributed by atoms with Crippen molar-refractivity contribution in [3.05, 3.63) is 34.6 Å². The Bertz CT molecular complexity index is 783. The molecule has 0 spiro atoms. The van der Waals surface area contributed by atoms with Crippen LogP contribution in [-0.2, 0) is 0 Å². The van der Waals surface area contributed by atoms with Crippen molar-refractivity contribution < 1.29 is 9.21 Å². The molecule has 136 valence electrons. The standard InChI is InChI=1S/C21H30N2O2/c1-14-11-15(2)18-16(3)19(25-17(18)12-14)20(24)22-13-21(23(4)5)9-7-6-8-10-21/h11-12H,6-10,13H2,1-5H3,(H,22,24). The van der Waals surface area contributed by atoms with Crippen molar-refractivity contribution in [3.63, 3.8) is 0 Å². The summed E-state index contributed by atoms with van der Waals surface area (Å²) in [6.07, 6.45) is 6.03. The van der Waals surface area contributed by atoms with E-state index >= 15 is 0 Å². The van der Waals surface area contributed by atoms with E-state index in [1.54, 1.807) is 0 Å². The van der Waals surface area contributed by atoms with E-state index in [1.807, 2.05) is 19.9 Å². The fourth-order valence-electron chi connectivity index (χ4n) is 4.32. The van der Waals surface area contributed by atoms with Gasteiger partial charge in [-0.2, -0.15) is 0 Å². The molecule has 0 atom stereocenters. The van der Waals surface area contributed by atoms with Crippen LogP contribution in [0, 0.1) is 20.8 Å². The largest absolute Gasteiger partial charge is 0.451 e. The summed E-state index contributed by atoms with van der Waals surface area (Å²) in [5.74, 6) is 0.353. The molecule has 1 amide bonds. The highest BCUT2D eigenvalue weighted by Gasteiger charge is 2.35. The monoisotopic (exact) mass is 342 g/mol. The van der Waals surface area contributed by atoms with Gasteiger partial charge in [0, 0.05) is 23.0 Å². The third-order valence-electron chi connectivity index (χ3n) is 5.89. The lowest BCUT2D eigenvalue weighted by Crippen LogP contribution is -2.53. The minimum absolute atomic E-state index is 0.0698. The Balaban J connectivity index is 1.83. The van der Waals surface area contributed by atoms with Crippen LogP contribution >= 0.6 is 0 Å². The average Bonchev–Trinajstić information content (AvgIpc) is 2.90. The van der Waals surface area contributed by atoms with Gasteiger partial charge in [0.15, 0.2) is 5.76 Å². The summed E-state index contributed by atoms with van der Waals surface area (Å²) in [7, 11) is 4.24. The molecule has 3 rings (SSSR count). The van der Waals surface area contributed by atoms with Gasteiger partial charge in [0.2, 0.25) is 0 Å². The van der Waals surface area contributed by atoms with Crippen LogP contribution in [0.2, 0.25) is 0 Å². The molecule has 1 aliphatic rings. The molecule has 1 N–H and O–H groups in total. The van der Waals surface area contributed by atoms with E-state index in [0.717, 1.165) is 40.5 Å². The molecular weight excluding hydrogens is 312 g/mol. The van der Waals surface area contributed by atoms with Gasteiger partial charge in [-0.1, -0.05) is 25.3 Å². The molecule has 2 aromatic rings. The van der Waals surface area contributed by atoms with Crippen molar-refractivity contribution in [2.75, 3.05) is 20.6 Å².